The predicted molar refractivity (Wildman–Crippen MR) is 79.7 cm³/mol. The molecule has 2 heterocycles. The Kier molecular flexibility index (Phi) is 4.23. The van der Waals surface area contributed by atoms with Gasteiger partial charge in [-0.25, -0.2) is 4.68 Å². The number of hydrogen-bond acceptors (Lipinski definition) is 3. The molecule has 1 aromatic carbocycles. The van der Waals surface area contributed by atoms with E-state index in [1.54, 1.807) is 10.9 Å². The number of ether oxygens (including phenoxy) is 1. The third kappa shape index (κ3) is 3.14. The number of aromatic nitrogens is 2. The Morgan fingerprint density at radius 2 is 2.30 bits per heavy atom. The number of piperidine rings is 1. The fourth-order valence-electron chi connectivity index (χ4n) is 2.43. The van der Waals surface area contributed by atoms with Crippen LogP contribution in [0.25, 0.3) is 5.69 Å². The molecule has 1 saturated heterocycles. The maximum Gasteiger partial charge on any atom is 0.157 e. The van der Waals surface area contributed by atoms with Crippen molar-refractivity contribution in [1.82, 2.24) is 15.1 Å². The summed E-state index contributed by atoms with van der Waals surface area (Å²) >= 11 is 6.16. The lowest BCUT2D eigenvalue weighted by Gasteiger charge is -2.22. The van der Waals surface area contributed by atoms with E-state index in [-0.39, 0.29) is 0 Å². The Balaban J connectivity index is 1.63. The number of benzene rings is 1. The number of halogens is 1. The van der Waals surface area contributed by atoms with Crippen molar-refractivity contribution in [2.45, 2.75) is 12.8 Å². The van der Waals surface area contributed by atoms with Crippen molar-refractivity contribution >= 4 is 11.6 Å². The van der Waals surface area contributed by atoms with Crippen LogP contribution in [0.1, 0.15) is 12.8 Å². The van der Waals surface area contributed by atoms with E-state index in [2.05, 4.69) is 10.4 Å². The Morgan fingerprint density at radius 1 is 1.40 bits per heavy atom. The summed E-state index contributed by atoms with van der Waals surface area (Å²) in [6, 6.07) is 7.64. The molecule has 1 aromatic heterocycles. The van der Waals surface area contributed by atoms with Gasteiger partial charge >= 0.3 is 0 Å². The molecule has 1 aliphatic heterocycles. The summed E-state index contributed by atoms with van der Waals surface area (Å²) in [6.07, 6.45) is 6.07. The fourth-order valence-corrected chi connectivity index (χ4v) is 2.65. The van der Waals surface area contributed by atoms with Crippen LogP contribution in [0.2, 0.25) is 5.02 Å². The number of hydrogen-bond donors (Lipinski definition) is 1. The van der Waals surface area contributed by atoms with E-state index in [0.29, 0.717) is 10.9 Å². The molecule has 0 radical (unpaired) electrons. The Bertz CT molecular complexity index is 564. The molecule has 106 valence electrons. The molecule has 20 heavy (non-hydrogen) atoms. The second-order valence-corrected chi connectivity index (χ2v) is 5.50. The van der Waals surface area contributed by atoms with E-state index in [1.807, 2.05) is 30.5 Å². The summed E-state index contributed by atoms with van der Waals surface area (Å²) in [5.41, 5.74) is 0.864. The van der Waals surface area contributed by atoms with Gasteiger partial charge in [-0.2, -0.15) is 5.10 Å². The van der Waals surface area contributed by atoms with Crippen molar-refractivity contribution in [3.05, 3.63) is 41.7 Å². The third-order valence-corrected chi connectivity index (χ3v) is 3.86. The van der Waals surface area contributed by atoms with Crippen molar-refractivity contribution in [3.8, 4) is 11.4 Å². The first-order valence-corrected chi connectivity index (χ1v) is 7.34. The molecule has 5 heteroatoms. The lowest BCUT2D eigenvalue weighted by atomic mass is 10.0. The first kappa shape index (κ1) is 13.5. The third-order valence-electron chi connectivity index (χ3n) is 3.54. The molecule has 4 nitrogen and oxygen atoms in total. The second-order valence-electron chi connectivity index (χ2n) is 5.10. The van der Waals surface area contributed by atoms with Crippen molar-refractivity contribution in [3.63, 3.8) is 0 Å². The molecule has 1 fully saturated rings. The Labute approximate surface area is 123 Å². The zero-order valence-electron chi connectivity index (χ0n) is 11.3. The molecule has 0 amide bonds. The minimum atomic E-state index is 0.590. The number of nitrogens with zero attached hydrogens (tertiary/aromatic N) is 2. The molecule has 2 aromatic rings. The van der Waals surface area contributed by atoms with Crippen LogP contribution < -0.4 is 10.1 Å². The van der Waals surface area contributed by atoms with Crippen LogP contribution in [-0.4, -0.2) is 29.5 Å². The van der Waals surface area contributed by atoms with E-state index in [9.17, 15) is 0 Å². The molecule has 0 saturated carbocycles. The van der Waals surface area contributed by atoms with Crippen LogP contribution in [0.3, 0.4) is 0 Å². The van der Waals surface area contributed by atoms with Crippen molar-refractivity contribution in [1.29, 1.82) is 0 Å². The quantitative estimate of drug-likeness (QED) is 0.941. The van der Waals surface area contributed by atoms with E-state index < -0.39 is 0 Å². The summed E-state index contributed by atoms with van der Waals surface area (Å²) < 4.78 is 7.57. The van der Waals surface area contributed by atoms with Gasteiger partial charge in [-0.3, -0.25) is 0 Å². The molecular weight excluding hydrogens is 274 g/mol. The molecule has 0 bridgehead atoms. The SMILES string of the molecule is Clc1ccccc1-n1cc(OCC2CCCNC2)cn1. The highest BCUT2D eigenvalue weighted by Crippen LogP contribution is 2.21. The van der Waals surface area contributed by atoms with Crippen molar-refractivity contribution in [2.24, 2.45) is 5.92 Å². The highest BCUT2D eigenvalue weighted by Gasteiger charge is 2.14. The molecule has 0 aliphatic carbocycles. The zero-order chi connectivity index (χ0) is 13.8. The maximum atomic E-state index is 6.16. The fraction of sp³-hybridized carbons (Fsp3) is 0.400. The molecule has 1 atom stereocenters. The van der Waals surface area contributed by atoms with E-state index in [4.69, 9.17) is 16.3 Å². The molecular formula is C15H18ClN3O. The molecule has 0 spiro atoms. The summed E-state index contributed by atoms with van der Waals surface area (Å²) in [5.74, 6) is 1.38. The zero-order valence-corrected chi connectivity index (χ0v) is 12.0. The van der Waals surface area contributed by atoms with Gasteiger partial charge in [-0.05, 0) is 31.5 Å². The average molecular weight is 292 g/mol. The van der Waals surface area contributed by atoms with Gasteiger partial charge in [0.05, 0.1) is 29.7 Å². The first-order valence-electron chi connectivity index (χ1n) is 6.96. The van der Waals surface area contributed by atoms with E-state index in [0.717, 1.165) is 31.1 Å². The highest BCUT2D eigenvalue weighted by molar-refractivity contribution is 6.32. The largest absolute Gasteiger partial charge is 0.490 e. The monoisotopic (exact) mass is 291 g/mol. The first-order chi connectivity index (χ1) is 9.83. The van der Waals surface area contributed by atoms with Gasteiger partial charge in [0.1, 0.15) is 0 Å². The number of rotatable bonds is 4. The van der Waals surface area contributed by atoms with Crippen molar-refractivity contribution < 1.29 is 4.74 Å². The van der Waals surface area contributed by atoms with Crippen LogP contribution in [0.4, 0.5) is 0 Å². The van der Waals surface area contributed by atoms with Gasteiger partial charge in [0.2, 0.25) is 0 Å². The topological polar surface area (TPSA) is 39.1 Å². The maximum absolute atomic E-state index is 6.16. The molecule has 3 rings (SSSR count). The average Bonchev–Trinajstić information content (AvgIpc) is 2.95. The van der Waals surface area contributed by atoms with Gasteiger partial charge < -0.3 is 10.1 Å². The molecule has 1 N–H and O–H groups in total. The van der Waals surface area contributed by atoms with Crippen LogP contribution in [0.15, 0.2) is 36.7 Å². The normalized spacial score (nSPS) is 18.9. The standard InChI is InChI=1S/C15H18ClN3O/c16-14-5-1-2-6-15(14)19-10-13(9-18-19)20-11-12-4-3-7-17-8-12/h1-2,5-6,9-10,12,17H,3-4,7-8,11H2. The Morgan fingerprint density at radius 3 is 3.10 bits per heavy atom. The predicted octanol–water partition coefficient (Wildman–Crippen LogP) is 2.90. The van der Waals surface area contributed by atoms with Crippen LogP contribution in [0, 0.1) is 5.92 Å². The van der Waals surface area contributed by atoms with Crippen LogP contribution >= 0.6 is 11.6 Å². The summed E-state index contributed by atoms with van der Waals surface area (Å²) in [7, 11) is 0. The van der Waals surface area contributed by atoms with Crippen molar-refractivity contribution in [2.75, 3.05) is 19.7 Å². The highest BCUT2D eigenvalue weighted by atomic mass is 35.5. The van der Waals surface area contributed by atoms with Gasteiger partial charge in [-0.1, -0.05) is 23.7 Å². The summed E-state index contributed by atoms with van der Waals surface area (Å²) in [6.45, 7) is 2.90. The van der Waals surface area contributed by atoms with Crippen LogP contribution in [0.5, 0.6) is 5.75 Å². The summed E-state index contributed by atoms with van der Waals surface area (Å²) in [5, 5.41) is 8.37. The van der Waals surface area contributed by atoms with Gasteiger partial charge in [0.25, 0.3) is 0 Å². The van der Waals surface area contributed by atoms with Crippen LogP contribution in [-0.2, 0) is 0 Å². The van der Waals surface area contributed by atoms with E-state index in [1.165, 1.54) is 12.8 Å². The second kappa shape index (κ2) is 6.29. The van der Waals surface area contributed by atoms with Gasteiger partial charge in [0.15, 0.2) is 5.75 Å². The summed E-state index contributed by atoms with van der Waals surface area (Å²) in [4.78, 5) is 0. The lowest BCUT2D eigenvalue weighted by molar-refractivity contribution is 0.218. The lowest BCUT2D eigenvalue weighted by Crippen LogP contribution is -2.32. The van der Waals surface area contributed by atoms with Gasteiger partial charge in [0, 0.05) is 12.5 Å². The minimum Gasteiger partial charge on any atom is -0.490 e. The van der Waals surface area contributed by atoms with E-state index >= 15 is 0 Å². The number of para-hydroxylation sites is 1. The Hall–Kier alpha value is -1.52. The molecule has 1 aliphatic rings. The minimum absolute atomic E-state index is 0.590. The van der Waals surface area contributed by atoms with Gasteiger partial charge in [-0.15, -0.1) is 0 Å². The smallest absolute Gasteiger partial charge is 0.157 e. The number of nitrogens with one attached hydrogen (secondary N) is 1. The molecule has 1 unspecified atom stereocenters.